The predicted molar refractivity (Wildman–Crippen MR) is 147 cm³/mol. The van der Waals surface area contributed by atoms with E-state index in [0.29, 0.717) is 16.8 Å². The van der Waals surface area contributed by atoms with E-state index in [2.05, 4.69) is 5.32 Å². The Morgan fingerprint density at radius 3 is 2.14 bits per heavy atom. The van der Waals surface area contributed by atoms with Crippen LogP contribution >= 0.6 is 7.60 Å². The van der Waals surface area contributed by atoms with Crippen LogP contribution in [0, 0.1) is 0 Å². The van der Waals surface area contributed by atoms with E-state index in [1.807, 2.05) is 54.6 Å². The molecule has 1 atom stereocenters. The Kier molecular flexibility index (Phi) is 8.19. The number of carboxylic acid groups (broad SMARTS) is 1. The molecule has 7 nitrogen and oxygen atoms in total. The van der Waals surface area contributed by atoms with Gasteiger partial charge in [0.2, 0.25) is 5.91 Å². The van der Waals surface area contributed by atoms with Crippen LogP contribution in [-0.2, 0) is 23.2 Å². The van der Waals surface area contributed by atoms with Gasteiger partial charge in [-0.3, -0.25) is 9.36 Å². The van der Waals surface area contributed by atoms with E-state index < -0.39 is 25.1 Å². The lowest BCUT2D eigenvalue weighted by Gasteiger charge is -2.27. The molecular weight excluding hydrogens is 489 g/mol. The summed E-state index contributed by atoms with van der Waals surface area (Å²) >= 11 is 0. The lowest BCUT2D eigenvalue weighted by atomic mass is 10.0. The molecule has 0 aliphatic carbocycles. The fraction of sp³-hybridized carbons (Fsp3) is 0.172. The number of carbonyl (C=O) groups excluding carboxylic acids is 1. The molecule has 0 saturated carbocycles. The van der Waals surface area contributed by atoms with E-state index in [9.17, 15) is 19.3 Å². The summed E-state index contributed by atoms with van der Waals surface area (Å²) in [4.78, 5) is 25.2. The zero-order valence-corrected chi connectivity index (χ0v) is 21.5. The number of anilines is 1. The monoisotopic (exact) mass is 517 g/mol. The highest BCUT2D eigenvalue weighted by Gasteiger charge is 2.43. The summed E-state index contributed by atoms with van der Waals surface area (Å²) in [6, 6.07) is 24.1. The normalized spacial score (nSPS) is 12.7. The molecule has 190 valence electrons. The molecule has 4 aromatic carbocycles. The van der Waals surface area contributed by atoms with E-state index >= 15 is 0 Å². The van der Waals surface area contributed by atoms with E-state index in [-0.39, 0.29) is 13.2 Å². The van der Waals surface area contributed by atoms with Crippen LogP contribution < -0.4 is 5.32 Å². The van der Waals surface area contributed by atoms with Crippen LogP contribution in [0.4, 0.5) is 5.69 Å². The zero-order chi connectivity index (χ0) is 26.4. The summed E-state index contributed by atoms with van der Waals surface area (Å²) in [5.74, 6) is -1.70. The zero-order valence-electron chi connectivity index (χ0n) is 20.6. The number of carbonyl (C=O) groups is 2. The number of aliphatic carboxylic acids is 1. The Morgan fingerprint density at radius 2 is 1.49 bits per heavy atom. The van der Waals surface area contributed by atoms with Gasteiger partial charge in [-0.1, -0.05) is 66.7 Å². The van der Waals surface area contributed by atoms with Gasteiger partial charge < -0.3 is 19.5 Å². The van der Waals surface area contributed by atoms with Gasteiger partial charge in [0.15, 0.2) is 5.66 Å². The molecule has 0 bridgehead atoms. The number of hydrogen-bond donors (Lipinski definition) is 2. The molecule has 4 aromatic rings. The Balaban J connectivity index is 1.87. The molecule has 0 fully saturated rings. The van der Waals surface area contributed by atoms with Crippen LogP contribution in [0.3, 0.4) is 0 Å². The van der Waals surface area contributed by atoms with Crippen LogP contribution in [0.1, 0.15) is 30.6 Å². The van der Waals surface area contributed by atoms with E-state index in [1.165, 1.54) is 6.08 Å². The largest absolute Gasteiger partial charge is 0.478 e. The van der Waals surface area contributed by atoms with Crippen LogP contribution in [0.15, 0.2) is 84.9 Å². The van der Waals surface area contributed by atoms with Crippen LogP contribution in [0.5, 0.6) is 0 Å². The average molecular weight is 518 g/mol. The van der Waals surface area contributed by atoms with Gasteiger partial charge in [0.25, 0.3) is 0 Å². The van der Waals surface area contributed by atoms with Gasteiger partial charge >= 0.3 is 13.6 Å². The third-order valence-electron chi connectivity index (χ3n) is 5.88. The maximum Gasteiger partial charge on any atom is 0.347 e. The first-order chi connectivity index (χ1) is 17.9. The van der Waals surface area contributed by atoms with Crippen LogP contribution in [-0.4, -0.2) is 30.2 Å². The van der Waals surface area contributed by atoms with Gasteiger partial charge in [0.05, 0.1) is 13.2 Å². The third-order valence-corrected chi connectivity index (χ3v) is 8.26. The minimum atomic E-state index is -3.97. The Labute approximate surface area is 215 Å². The standard InChI is InChI=1S/C29H28NO6P/c1-3-35-37(34,36-4-2)28(25-15-9-13-20-10-7-8-14-24(20)25)29(33)30-26-19-22-12-6-5-11-21(22)18-23(26)16-17-27(31)32/h5-19,28H,3-4H2,1-2H3,(H,30,33)(H,31,32). The minimum Gasteiger partial charge on any atom is -0.478 e. The SMILES string of the molecule is CCOP(=O)(OCC)C(C(=O)Nc1cc2ccccc2cc1C=CC(=O)O)c1cccc2ccccc12. The van der Waals surface area contributed by atoms with Gasteiger partial charge in [-0.25, -0.2) is 4.79 Å². The highest BCUT2D eigenvalue weighted by Crippen LogP contribution is 2.62. The first-order valence-corrected chi connectivity index (χ1v) is 13.6. The second kappa shape index (κ2) is 11.5. The first kappa shape index (κ1) is 26.3. The van der Waals surface area contributed by atoms with Crippen molar-refractivity contribution >= 4 is 52.8 Å². The van der Waals surface area contributed by atoms with E-state index in [4.69, 9.17) is 9.05 Å². The van der Waals surface area contributed by atoms with Gasteiger partial charge in [-0.2, -0.15) is 0 Å². The maximum atomic E-state index is 14.1. The van der Waals surface area contributed by atoms with Crippen LogP contribution in [0.2, 0.25) is 0 Å². The van der Waals surface area contributed by atoms with Gasteiger partial charge in [-0.15, -0.1) is 0 Å². The lowest BCUT2D eigenvalue weighted by Crippen LogP contribution is -2.24. The summed E-state index contributed by atoms with van der Waals surface area (Å²) in [6.45, 7) is 3.58. The number of fused-ring (bicyclic) bond motifs is 2. The molecule has 2 N–H and O–H groups in total. The van der Waals surface area contributed by atoms with Crippen molar-refractivity contribution in [3.63, 3.8) is 0 Å². The van der Waals surface area contributed by atoms with Crippen molar-refractivity contribution in [3.8, 4) is 0 Å². The molecule has 37 heavy (non-hydrogen) atoms. The van der Waals surface area contributed by atoms with Crippen molar-refractivity contribution in [1.29, 1.82) is 0 Å². The van der Waals surface area contributed by atoms with Crippen molar-refractivity contribution in [2.75, 3.05) is 18.5 Å². The Hall–Kier alpha value is -3.77. The number of carboxylic acids is 1. The smallest absolute Gasteiger partial charge is 0.347 e. The summed E-state index contributed by atoms with van der Waals surface area (Å²) < 4.78 is 25.4. The predicted octanol–water partition coefficient (Wildman–Crippen LogP) is 7.04. The number of benzene rings is 4. The number of hydrogen-bond acceptors (Lipinski definition) is 5. The van der Waals surface area contributed by atoms with E-state index in [1.54, 1.807) is 38.1 Å². The maximum absolute atomic E-state index is 14.1. The third kappa shape index (κ3) is 5.81. The van der Waals surface area contributed by atoms with Crippen molar-refractivity contribution in [2.24, 2.45) is 0 Å². The molecule has 0 spiro atoms. The minimum absolute atomic E-state index is 0.0917. The fourth-order valence-corrected chi connectivity index (χ4v) is 6.37. The average Bonchev–Trinajstić information content (AvgIpc) is 2.88. The molecule has 1 unspecified atom stereocenters. The second-order valence-corrected chi connectivity index (χ2v) is 10.4. The molecule has 0 radical (unpaired) electrons. The van der Waals surface area contributed by atoms with Crippen molar-refractivity contribution in [2.45, 2.75) is 19.5 Å². The van der Waals surface area contributed by atoms with E-state index in [0.717, 1.165) is 27.6 Å². The molecule has 0 aromatic heterocycles. The first-order valence-electron chi connectivity index (χ1n) is 12.0. The summed E-state index contributed by atoms with van der Waals surface area (Å²) in [5, 5.41) is 15.4. The highest BCUT2D eigenvalue weighted by molar-refractivity contribution is 7.55. The molecule has 8 heteroatoms. The summed E-state index contributed by atoms with van der Waals surface area (Å²) in [7, 11) is -3.97. The molecule has 0 saturated heterocycles. The quantitative estimate of drug-likeness (QED) is 0.173. The summed E-state index contributed by atoms with van der Waals surface area (Å²) in [5.41, 5.74) is 0.130. The topological polar surface area (TPSA) is 102 Å². The molecular formula is C29H28NO6P. The number of nitrogens with one attached hydrogen (secondary N) is 1. The fourth-order valence-electron chi connectivity index (χ4n) is 4.36. The number of rotatable bonds is 10. The summed E-state index contributed by atoms with van der Waals surface area (Å²) in [6.07, 6.45) is 2.43. The van der Waals surface area contributed by atoms with Crippen molar-refractivity contribution in [1.82, 2.24) is 0 Å². The molecule has 1 amide bonds. The van der Waals surface area contributed by atoms with Crippen LogP contribution in [0.25, 0.3) is 27.6 Å². The molecule has 0 aliphatic rings. The highest BCUT2D eigenvalue weighted by atomic mass is 31.2. The number of amides is 1. The molecule has 0 heterocycles. The van der Waals surface area contributed by atoms with Gasteiger partial charge in [0.1, 0.15) is 0 Å². The van der Waals surface area contributed by atoms with Crippen molar-refractivity contribution in [3.05, 3.63) is 96.1 Å². The lowest BCUT2D eigenvalue weighted by molar-refractivity contribution is -0.131. The Bertz CT molecular complexity index is 1510. The van der Waals surface area contributed by atoms with Gasteiger partial charge in [0, 0.05) is 11.8 Å². The van der Waals surface area contributed by atoms with Crippen molar-refractivity contribution < 1.29 is 28.3 Å². The second-order valence-electron chi connectivity index (χ2n) is 8.29. The molecule has 4 rings (SSSR count). The Morgan fingerprint density at radius 1 is 0.892 bits per heavy atom. The molecule has 0 aliphatic heterocycles. The van der Waals surface area contributed by atoms with Gasteiger partial charge in [-0.05, 0) is 64.7 Å².